The Bertz CT molecular complexity index is 1580. The molecule has 4 aromatic carbocycles. The number of nitrogens with one attached hydrogen (secondary N) is 1. The van der Waals surface area contributed by atoms with Crippen molar-refractivity contribution in [1.82, 2.24) is 5.32 Å². The second-order valence-corrected chi connectivity index (χ2v) is 10.0. The molecular formula is C35H37NO6. The van der Waals surface area contributed by atoms with Crippen LogP contribution in [0.3, 0.4) is 0 Å². The second kappa shape index (κ2) is 13.9. The quantitative estimate of drug-likeness (QED) is 0.199. The maximum Gasteiger partial charge on any atom is 0.302 e. The summed E-state index contributed by atoms with van der Waals surface area (Å²) in [6, 6.07) is 26.8. The number of ether oxygens (including phenoxy) is 5. The van der Waals surface area contributed by atoms with E-state index in [-0.39, 0.29) is 13.0 Å². The van der Waals surface area contributed by atoms with Crippen molar-refractivity contribution in [2.75, 3.05) is 20.7 Å². The number of esters is 1. The normalized spacial score (nSPS) is 15.9. The molecule has 0 spiro atoms. The first-order valence-electron chi connectivity index (χ1n) is 14.9. The zero-order valence-corrected chi connectivity index (χ0v) is 24.1. The van der Waals surface area contributed by atoms with Gasteiger partial charge in [0.05, 0.1) is 14.2 Å². The van der Waals surface area contributed by atoms with Gasteiger partial charge in [-0.05, 0) is 65.4 Å². The van der Waals surface area contributed by atoms with Crippen molar-refractivity contribution in [3.63, 3.8) is 0 Å². The fourth-order valence-electron chi connectivity index (χ4n) is 5.05. The highest BCUT2D eigenvalue weighted by Crippen LogP contribution is 2.40. The van der Waals surface area contributed by atoms with Gasteiger partial charge in [0.2, 0.25) is 0 Å². The molecule has 1 heterocycles. The summed E-state index contributed by atoms with van der Waals surface area (Å²) in [4.78, 5) is 11.9. The Balaban J connectivity index is 1.51. The minimum Gasteiger partial charge on any atom is -0.493 e. The molecule has 0 amide bonds. The highest BCUT2D eigenvalue weighted by Gasteiger charge is 2.26. The van der Waals surface area contributed by atoms with E-state index in [9.17, 15) is 4.79 Å². The fourth-order valence-corrected chi connectivity index (χ4v) is 5.05. The molecule has 42 heavy (non-hydrogen) atoms. The number of carbonyl (C=O) groups excluding carboxylic acids is 1. The maximum atomic E-state index is 11.9. The molecule has 7 heteroatoms. The number of rotatable bonds is 12. The highest BCUT2D eigenvalue weighted by atomic mass is 16.5. The van der Waals surface area contributed by atoms with Gasteiger partial charge in [0.15, 0.2) is 23.0 Å². The number of hydrogen-bond acceptors (Lipinski definition) is 7. The summed E-state index contributed by atoms with van der Waals surface area (Å²) in [5.74, 6) is 1.70. The van der Waals surface area contributed by atoms with Crippen LogP contribution in [0.2, 0.25) is 0 Å². The lowest BCUT2D eigenvalue weighted by atomic mass is 9.88. The molecule has 0 bridgehead atoms. The predicted molar refractivity (Wildman–Crippen MR) is 161 cm³/mol. The van der Waals surface area contributed by atoms with E-state index in [0.29, 0.717) is 48.2 Å². The Hall–Kier alpha value is -4.49. The van der Waals surface area contributed by atoms with Crippen LogP contribution in [0.25, 0.3) is 0 Å². The first-order valence-corrected chi connectivity index (χ1v) is 13.9. The summed E-state index contributed by atoms with van der Waals surface area (Å²) in [7, 11) is 3.15. The smallest absolute Gasteiger partial charge is 0.302 e. The molecule has 0 saturated heterocycles. The van der Waals surface area contributed by atoms with Crippen molar-refractivity contribution >= 4 is 5.97 Å². The maximum absolute atomic E-state index is 11.9. The summed E-state index contributed by atoms with van der Waals surface area (Å²) in [5.41, 5.74) is 5.24. The zero-order chi connectivity index (χ0) is 31.1. The lowest BCUT2D eigenvalue weighted by Gasteiger charge is -2.29. The SMILES string of the molecule is [2H]C1([2H])Cc2cc(OC)c(OCc3ccccc3)cc2C(Cc2ccc(OC)c(OCc3ccccc3)c2COC(C)=O)N1. The molecule has 1 atom stereocenters. The largest absolute Gasteiger partial charge is 0.493 e. The molecule has 5 rings (SSSR count). The first kappa shape index (κ1) is 26.4. The van der Waals surface area contributed by atoms with Crippen LogP contribution in [0.1, 0.15) is 49.1 Å². The van der Waals surface area contributed by atoms with E-state index in [1.54, 1.807) is 14.2 Å². The third-order valence-corrected chi connectivity index (χ3v) is 7.20. The number of methoxy groups -OCH3 is 2. The van der Waals surface area contributed by atoms with Crippen LogP contribution in [0.4, 0.5) is 0 Å². The molecule has 0 aliphatic carbocycles. The zero-order valence-electron chi connectivity index (χ0n) is 26.1. The van der Waals surface area contributed by atoms with Crippen LogP contribution < -0.4 is 24.3 Å². The fraction of sp³-hybridized carbons (Fsp3) is 0.286. The van der Waals surface area contributed by atoms with Crippen LogP contribution >= 0.6 is 0 Å². The van der Waals surface area contributed by atoms with Crippen LogP contribution in [-0.2, 0) is 42.2 Å². The number of benzene rings is 4. The van der Waals surface area contributed by atoms with Crippen LogP contribution in [0, 0.1) is 0 Å². The molecule has 7 nitrogen and oxygen atoms in total. The van der Waals surface area contributed by atoms with Crippen LogP contribution in [0.5, 0.6) is 23.0 Å². The van der Waals surface area contributed by atoms with Crippen molar-refractivity contribution in [2.24, 2.45) is 0 Å². The van der Waals surface area contributed by atoms with Gasteiger partial charge in [-0.2, -0.15) is 0 Å². The van der Waals surface area contributed by atoms with Gasteiger partial charge < -0.3 is 29.0 Å². The third-order valence-electron chi connectivity index (χ3n) is 7.20. The Morgan fingerprint density at radius 2 is 1.50 bits per heavy atom. The van der Waals surface area contributed by atoms with Crippen molar-refractivity contribution in [2.45, 2.75) is 45.6 Å². The summed E-state index contributed by atoms with van der Waals surface area (Å²) in [5, 5.41) is 3.19. The van der Waals surface area contributed by atoms with Crippen molar-refractivity contribution in [3.05, 3.63) is 118 Å². The van der Waals surface area contributed by atoms with Crippen molar-refractivity contribution in [1.29, 1.82) is 0 Å². The van der Waals surface area contributed by atoms with E-state index in [2.05, 4.69) is 5.32 Å². The number of hydrogen-bond donors (Lipinski definition) is 1. The van der Waals surface area contributed by atoms with Crippen LogP contribution in [-0.4, -0.2) is 26.7 Å². The van der Waals surface area contributed by atoms with E-state index >= 15 is 0 Å². The minimum absolute atomic E-state index is 0.0213. The van der Waals surface area contributed by atoms with Gasteiger partial charge in [-0.25, -0.2) is 0 Å². The number of carbonyl (C=O) groups is 1. The number of fused-ring (bicyclic) bond motifs is 1. The molecule has 1 unspecified atom stereocenters. The van der Waals surface area contributed by atoms with Gasteiger partial charge in [0, 0.05) is 21.3 Å². The van der Waals surface area contributed by atoms with E-state index in [1.807, 2.05) is 84.9 Å². The second-order valence-electron chi connectivity index (χ2n) is 10.0. The van der Waals surface area contributed by atoms with E-state index < -0.39 is 18.5 Å². The van der Waals surface area contributed by atoms with E-state index in [0.717, 1.165) is 27.8 Å². The summed E-state index contributed by atoms with van der Waals surface area (Å²) in [6.07, 6.45) is 0.557. The minimum atomic E-state index is -1.66. The average molecular weight is 570 g/mol. The summed E-state index contributed by atoms with van der Waals surface area (Å²) < 4.78 is 46.6. The van der Waals surface area contributed by atoms with Gasteiger partial charge in [-0.3, -0.25) is 4.79 Å². The van der Waals surface area contributed by atoms with E-state index in [4.69, 9.17) is 26.4 Å². The molecule has 218 valence electrons. The monoisotopic (exact) mass is 569 g/mol. The van der Waals surface area contributed by atoms with Gasteiger partial charge in [-0.15, -0.1) is 0 Å². The van der Waals surface area contributed by atoms with Crippen LogP contribution in [0.15, 0.2) is 84.9 Å². The Labute approximate surface area is 250 Å². The van der Waals surface area contributed by atoms with Gasteiger partial charge >= 0.3 is 5.97 Å². The Morgan fingerprint density at radius 1 is 0.833 bits per heavy atom. The molecule has 4 aromatic rings. The third kappa shape index (κ3) is 7.04. The van der Waals surface area contributed by atoms with Gasteiger partial charge in [0.1, 0.15) is 19.8 Å². The van der Waals surface area contributed by atoms with E-state index in [1.165, 1.54) is 6.92 Å². The Morgan fingerprint density at radius 3 is 2.14 bits per heavy atom. The standard InChI is InChI=1S/C35H37NO6/c1-24(37)40-23-30-27(14-15-32(38-2)35(30)42-22-26-12-8-5-9-13-26)18-31-29-20-34(41-21-25-10-6-4-7-11-25)33(39-3)19-28(29)16-17-36-31/h4-15,19-20,31,36H,16-18,21-23H2,1-3H3/i17D2. The van der Waals surface area contributed by atoms with Crippen molar-refractivity contribution in [3.8, 4) is 23.0 Å². The lowest BCUT2D eigenvalue weighted by Crippen LogP contribution is -2.31. The summed E-state index contributed by atoms with van der Waals surface area (Å²) in [6.45, 7) is 0.337. The average Bonchev–Trinajstić information content (AvgIpc) is 3.02. The predicted octanol–water partition coefficient (Wildman–Crippen LogP) is 6.35. The molecule has 0 aromatic heterocycles. The first-order chi connectivity index (χ1) is 21.3. The van der Waals surface area contributed by atoms with Crippen molar-refractivity contribution < 1.29 is 31.2 Å². The molecule has 0 radical (unpaired) electrons. The molecular weight excluding hydrogens is 530 g/mol. The Kier molecular flexibility index (Phi) is 8.75. The number of aryl methyl sites for hydroxylation is 1. The highest BCUT2D eigenvalue weighted by molar-refractivity contribution is 5.66. The molecule has 1 N–H and O–H groups in total. The molecule has 0 saturated carbocycles. The summed E-state index contributed by atoms with van der Waals surface area (Å²) >= 11 is 0. The lowest BCUT2D eigenvalue weighted by molar-refractivity contribution is -0.142. The van der Waals surface area contributed by atoms with Gasteiger partial charge in [-0.1, -0.05) is 66.7 Å². The molecule has 0 fully saturated rings. The topological polar surface area (TPSA) is 75.2 Å². The van der Waals surface area contributed by atoms with Gasteiger partial charge in [0.25, 0.3) is 0 Å². The molecule has 1 aliphatic rings. The molecule has 1 aliphatic heterocycles.